The maximum atomic E-state index is 5.47. The Morgan fingerprint density at radius 1 is 1.00 bits per heavy atom. The van der Waals surface area contributed by atoms with Crippen LogP contribution < -0.4 is 14.4 Å². The lowest BCUT2D eigenvalue weighted by Crippen LogP contribution is -2.46. The Morgan fingerprint density at radius 2 is 1.85 bits per heavy atom. The number of fused-ring (bicyclic) bond motifs is 2. The smallest absolute Gasteiger partial charge is 0.231 e. The van der Waals surface area contributed by atoms with E-state index in [0.717, 1.165) is 61.2 Å². The van der Waals surface area contributed by atoms with Crippen LogP contribution in [-0.4, -0.2) is 57.4 Å². The molecule has 0 N–H and O–H groups in total. The van der Waals surface area contributed by atoms with Crippen LogP contribution in [-0.2, 0) is 13.6 Å². The zero-order valence-corrected chi connectivity index (χ0v) is 14.6. The monoisotopic (exact) mass is 352 g/mol. The van der Waals surface area contributed by atoms with Gasteiger partial charge < -0.3 is 18.9 Å². The third kappa shape index (κ3) is 2.62. The lowest BCUT2D eigenvalue weighted by atomic mass is 10.1. The third-order valence-corrected chi connectivity index (χ3v) is 4.99. The Hall–Kier alpha value is -2.87. The molecule has 4 heterocycles. The lowest BCUT2D eigenvalue weighted by Gasteiger charge is -2.35. The highest BCUT2D eigenvalue weighted by Crippen LogP contribution is 2.33. The van der Waals surface area contributed by atoms with Crippen LogP contribution in [0.3, 0.4) is 0 Å². The van der Waals surface area contributed by atoms with Crippen LogP contribution in [0.15, 0.2) is 30.9 Å². The summed E-state index contributed by atoms with van der Waals surface area (Å²) in [5.41, 5.74) is 2.99. The number of ether oxygens (including phenoxy) is 2. The molecule has 5 rings (SSSR count). The summed E-state index contributed by atoms with van der Waals surface area (Å²) in [5, 5.41) is 0. The fourth-order valence-corrected chi connectivity index (χ4v) is 3.58. The summed E-state index contributed by atoms with van der Waals surface area (Å²) in [6, 6.07) is 6.19. The number of hydrogen-bond acceptors (Lipinski definition) is 7. The molecule has 0 aliphatic carbocycles. The van der Waals surface area contributed by atoms with Crippen molar-refractivity contribution in [1.29, 1.82) is 0 Å². The third-order valence-electron chi connectivity index (χ3n) is 4.99. The first-order chi connectivity index (χ1) is 12.8. The lowest BCUT2D eigenvalue weighted by molar-refractivity contribution is 0.174. The van der Waals surface area contributed by atoms with Crippen molar-refractivity contribution in [3.63, 3.8) is 0 Å². The van der Waals surface area contributed by atoms with Gasteiger partial charge in [-0.3, -0.25) is 4.90 Å². The highest BCUT2D eigenvalue weighted by molar-refractivity contribution is 5.83. The summed E-state index contributed by atoms with van der Waals surface area (Å²) in [6.07, 6.45) is 3.41. The molecule has 0 amide bonds. The van der Waals surface area contributed by atoms with E-state index in [9.17, 15) is 0 Å². The summed E-state index contributed by atoms with van der Waals surface area (Å²) in [6.45, 7) is 5.03. The Kier molecular flexibility index (Phi) is 3.63. The molecule has 8 heteroatoms. The summed E-state index contributed by atoms with van der Waals surface area (Å²) in [7, 11) is 1.95. The predicted octanol–water partition coefficient (Wildman–Crippen LogP) is 1.41. The molecule has 0 atom stereocenters. The number of rotatable bonds is 3. The quantitative estimate of drug-likeness (QED) is 0.706. The van der Waals surface area contributed by atoms with Gasteiger partial charge in [-0.1, -0.05) is 6.07 Å². The minimum absolute atomic E-state index is 0.318. The molecule has 2 aromatic heterocycles. The van der Waals surface area contributed by atoms with Crippen LogP contribution in [0.5, 0.6) is 11.5 Å². The second-order valence-corrected chi connectivity index (χ2v) is 6.68. The number of imidazole rings is 1. The summed E-state index contributed by atoms with van der Waals surface area (Å²) < 4.78 is 12.8. The number of anilines is 1. The van der Waals surface area contributed by atoms with E-state index >= 15 is 0 Å². The average Bonchev–Trinajstić information content (AvgIpc) is 3.29. The van der Waals surface area contributed by atoms with Gasteiger partial charge in [0.25, 0.3) is 0 Å². The van der Waals surface area contributed by atoms with Gasteiger partial charge in [0.1, 0.15) is 6.33 Å². The standard InChI is InChI=1S/C18H20N6O2/c1-22-11-21-16-17(22)19-10-20-18(16)24-6-4-23(5-7-24)9-13-2-3-14-15(8-13)26-12-25-14/h2-3,8,10-11H,4-7,9,12H2,1H3. The number of benzene rings is 1. The van der Waals surface area contributed by atoms with Gasteiger partial charge in [-0.05, 0) is 17.7 Å². The van der Waals surface area contributed by atoms with Gasteiger partial charge in [-0.25, -0.2) is 15.0 Å². The van der Waals surface area contributed by atoms with Gasteiger partial charge >= 0.3 is 0 Å². The number of aryl methyl sites for hydroxylation is 1. The molecule has 1 saturated heterocycles. The molecule has 2 aliphatic heterocycles. The van der Waals surface area contributed by atoms with Crippen molar-refractivity contribution in [3.05, 3.63) is 36.4 Å². The van der Waals surface area contributed by atoms with E-state index in [-0.39, 0.29) is 0 Å². The van der Waals surface area contributed by atoms with Crippen molar-refractivity contribution < 1.29 is 9.47 Å². The molecule has 1 aromatic carbocycles. The SMILES string of the molecule is Cn1cnc2c(N3CCN(Cc4ccc5c(c4)OCO5)CC3)ncnc21. The van der Waals surface area contributed by atoms with E-state index in [0.29, 0.717) is 6.79 Å². The van der Waals surface area contributed by atoms with Gasteiger partial charge in [0, 0.05) is 39.8 Å². The van der Waals surface area contributed by atoms with Crippen molar-refractivity contribution in [3.8, 4) is 11.5 Å². The first-order valence-corrected chi connectivity index (χ1v) is 8.76. The molecular weight excluding hydrogens is 332 g/mol. The highest BCUT2D eigenvalue weighted by atomic mass is 16.7. The molecule has 134 valence electrons. The van der Waals surface area contributed by atoms with Gasteiger partial charge in [0.15, 0.2) is 28.5 Å². The normalized spacial score (nSPS) is 17.2. The van der Waals surface area contributed by atoms with Crippen LogP contribution >= 0.6 is 0 Å². The van der Waals surface area contributed by atoms with E-state index in [1.165, 1.54) is 5.56 Å². The Morgan fingerprint density at radius 3 is 2.73 bits per heavy atom. The molecule has 8 nitrogen and oxygen atoms in total. The van der Waals surface area contributed by atoms with E-state index in [1.807, 2.05) is 17.7 Å². The Balaban J connectivity index is 1.27. The minimum Gasteiger partial charge on any atom is -0.454 e. The van der Waals surface area contributed by atoms with Gasteiger partial charge in [-0.2, -0.15) is 0 Å². The molecule has 3 aromatic rings. The predicted molar refractivity (Wildman–Crippen MR) is 96.4 cm³/mol. The summed E-state index contributed by atoms with van der Waals surface area (Å²) >= 11 is 0. The van der Waals surface area contributed by atoms with Gasteiger partial charge in [0.05, 0.1) is 6.33 Å². The first kappa shape index (κ1) is 15.4. The van der Waals surface area contributed by atoms with Crippen molar-refractivity contribution in [2.45, 2.75) is 6.54 Å². The fraction of sp³-hybridized carbons (Fsp3) is 0.389. The molecular formula is C18H20N6O2. The maximum Gasteiger partial charge on any atom is 0.231 e. The number of aromatic nitrogens is 4. The summed E-state index contributed by atoms with van der Waals surface area (Å²) in [5.74, 6) is 2.61. The second-order valence-electron chi connectivity index (χ2n) is 6.68. The van der Waals surface area contributed by atoms with Crippen molar-refractivity contribution in [2.75, 3.05) is 37.9 Å². The van der Waals surface area contributed by atoms with E-state index < -0.39 is 0 Å². The van der Waals surface area contributed by atoms with E-state index in [1.54, 1.807) is 12.7 Å². The zero-order chi connectivity index (χ0) is 17.5. The van der Waals surface area contributed by atoms with Crippen molar-refractivity contribution >= 4 is 17.0 Å². The van der Waals surface area contributed by atoms with Crippen LogP contribution in [0.1, 0.15) is 5.56 Å². The minimum atomic E-state index is 0.318. The Bertz CT molecular complexity index is 948. The fourth-order valence-electron chi connectivity index (χ4n) is 3.58. The van der Waals surface area contributed by atoms with Crippen molar-refractivity contribution in [1.82, 2.24) is 24.4 Å². The van der Waals surface area contributed by atoms with Crippen LogP contribution in [0.4, 0.5) is 5.82 Å². The summed E-state index contributed by atoms with van der Waals surface area (Å²) in [4.78, 5) is 18.0. The molecule has 0 spiro atoms. The topological polar surface area (TPSA) is 68.5 Å². The molecule has 1 fully saturated rings. The highest BCUT2D eigenvalue weighted by Gasteiger charge is 2.22. The maximum absolute atomic E-state index is 5.47. The zero-order valence-electron chi connectivity index (χ0n) is 14.6. The largest absolute Gasteiger partial charge is 0.454 e. The number of nitrogens with zero attached hydrogens (tertiary/aromatic N) is 6. The molecule has 0 unspecified atom stereocenters. The van der Waals surface area contributed by atoms with Gasteiger partial charge in [-0.15, -0.1) is 0 Å². The van der Waals surface area contributed by atoms with Gasteiger partial charge in [0.2, 0.25) is 6.79 Å². The van der Waals surface area contributed by atoms with Crippen molar-refractivity contribution in [2.24, 2.45) is 7.05 Å². The van der Waals surface area contributed by atoms with E-state index in [2.05, 4.69) is 36.9 Å². The molecule has 26 heavy (non-hydrogen) atoms. The van der Waals surface area contributed by atoms with E-state index in [4.69, 9.17) is 9.47 Å². The average molecular weight is 352 g/mol. The second kappa shape index (κ2) is 6.14. The van der Waals surface area contributed by atoms with Crippen LogP contribution in [0.2, 0.25) is 0 Å². The first-order valence-electron chi connectivity index (χ1n) is 8.76. The molecule has 0 radical (unpaired) electrons. The molecule has 0 bridgehead atoms. The number of hydrogen-bond donors (Lipinski definition) is 0. The molecule has 0 saturated carbocycles. The van der Waals surface area contributed by atoms with Crippen LogP contribution in [0.25, 0.3) is 11.2 Å². The number of piperazine rings is 1. The Labute approximate surface area is 151 Å². The molecule has 2 aliphatic rings. The van der Waals surface area contributed by atoms with Crippen LogP contribution in [0, 0.1) is 0 Å².